The first-order valence-electron chi connectivity index (χ1n) is 7.54. The quantitative estimate of drug-likeness (QED) is 0.494. The normalized spacial score (nSPS) is 12.9. The molecule has 0 rings (SSSR count). The number of unbranched alkanes of at least 4 members (excludes halogenated alkanes) is 5. The molecular weight excluding hydrogens is 210 g/mol. The van der Waals surface area contributed by atoms with Crippen LogP contribution < -0.4 is 5.32 Å². The van der Waals surface area contributed by atoms with Crippen LogP contribution in [0.3, 0.4) is 0 Å². The highest BCUT2D eigenvalue weighted by Crippen LogP contribution is 2.14. The molecule has 0 saturated carbocycles. The van der Waals surface area contributed by atoms with E-state index in [-0.39, 0.29) is 0 Å². The van der Waals surface area contributed by atoms with Crippen molar-refractivity contribution >= 4 is 0 Å². The fourth-order valence-corrected chi connectivity index (χ4v) is 2.14. The maximum atomic E-state index is 5.03. The van der Waals surface area contributed by atoms with E-state index in [1.165, 1.54) is 51.4 Å². The molecule has 2 nitrogen and oxygen atoms in total. The van der Waals surface area contributed by atoms with Gasteiger partial charge in [-0.15, -0.1) is 0 Å². The number of hydrogen-bond acceptors (Lipinski definition) is 2. The van der Waals surface area contributed by atoms with E-state index in [1.54, 1.807) is 7.11 Å². The Morgan fingerprint density at radius 2 is 1.71 bits per heavy atom. The van der Waals surface area contributed by atoms with Crippen LogP contribution in [0.4, 0.5) is 0 Å². The topological polar surface area (TPSA) is 21.3 Å². The number of methoxy groups -OCH3 is 1. The van der Waals surface area contributed by atoms with E-state index in [1.807, 2.05) is 0 Å². The van der Waals surface area contributed by atoms with E-state index in [0.29, 0.717) is 0 Å². The van der Waals surface area contributed by atoms with Crippen molar-refractivity contribution in [3.63, 3.8) is 0 Å². The largest absolute Gasteiger partial charge is 0.383 e. The van der Waals surface area contributed by atoms with Gasteiger partial charge < -0.3 is 10.1 Å². The highest BCUT2D eigenvalue weighted by molar-refractivity contribution is 4.61. The van der Waals surface area contributed by atoms with Crippen molar-refractivity contribution in [1.29, 1.82) is 0 Å². The second kappa shape index (κ2) is 14.0. The molecule has 0 saturated heterocycles. The highest BCUT2D eigenvalue weighted by atomic mass is 16.5. The molecule has 0 aromatic heterocycles. The van der Waals surface area contributed by atoms with Crippen LogP contribution in [0.2, 0.25) is 0 Å². The first kappa shape index (κ1) is 16.9. The van der Waals surface area contributed by atoms with Gasteiger partial charge in [0, 0.05) is 13.7 Å². The molecule has 0 aromatic rings. The Morgan fingerprint density at radius 1 is 1.00 bits per heavy atom. The van der Waals surface area contributed by atoms with Crippen LogP contribution in [-0.4, -0.2) is 26.8 Å². The SMILES string of the molecule is CCCCCCCCC(CC)CNCCOC. The molecular formula is C15H33NO. The second-order valence-electron chi connectivity index (χ2n) is 5.03. The van der Waals surface area contributed by atoms with Gasteiger partial charge in [-0.1, -0.05) is 58.8 Å². The van der Waals surface area contributed by atoms with Gasteiger partial charge in [0.15, 0.2) is 0 Å². The molecule has 104 valence electrons. The standard InChI is InChI=1S/C15H33NO/c1-4-6-7-8-9-10-11-15(5-2)14-16-12-13-17-3/h15-16H,4-14H2,1-3H3. The summed E-state index contributed by atoms with van der Waals surface area (Å²) in [5.41, 5.74) is 0. The van der Waals surface area contributed by atoms with Crippen molar-refractivity contribution in [3.8, 4) is 0 Å². The lowest BCUT2D eigenvalue weighted by atomic mass is 9.98. The third kappa shape index (κ3) is 12.2. The monoisotopic (exact) mass is 243 g/mol. The minimum atomic E-state index is 0.827. The molecule has 1 unspecified atom stereocenters. The summed E-state index contributed by atoms with van der Waals surface area (Å²) in [6.07, 6.45) is 11.2. The molecule has 2 heteroatoms. The summed E-state index contributed by atoms with van der Waals surface area (Å²) in [5.74, 6) is 0.859. The first-order valence-corrected chi connectivity index (χ1v) is 7.54. The van der Waals surface area contributed by atoms with Crippen molar-refractivity contribution < 1.29 is 4.74 Å². The van der Waals surface area contributed by atoms with Crippen LogP contribution in [0.5, 0.6) is 0 Å². The molecule has 17 heavy (non-hydrogen) atoms. The van der Waals surface area contributed by atoms with Crippen LogP contribution in [0.15, 0.2) is 0 Å². The number of nitrogens with one attached hydrogen (secondary N) is 1. The zero-order chi connectivity index (χ0) is 12.8. The van der Waals surface area contributed by atoms with Crippen LogP contribution in [0.25, 0.3) is 0 Å². The molecule has 1 N–H and O–H groups in total. The lowest BCUT2D eigenvalue weighted by Gasteiger charge is -2.15. The molecule has 0 heterocycles. The van der Waals surface area contributed by atoms with Crippen molar-refractivity contribution in [2.24, 2.45) is 5.92 Å². The van der Waals surface area contributed by atoms with E-state index in [4.69, 9.17) is 4.74 Å². The lowest BCUT2D eigenvalue weighted by molar-refractivity contribution is 0.197. The summed E-state index contributed by atoms with van der Waals surface area (Å²) >= 11 is 0. The number of ether oxygens (including phenoxy) is 1. The maximum Gasteiger partial charge on any atom is 0.0587 e. The summed E-state index contributed by atoms with van der Waals surface area (Å²) < 4.78 is 5.03. The Hall–Kier alpha value is -0.0800. The molecule has 0 spiro atoms. The molecule has 0 fully saturated rings. The van der Waals surface area contributed by atoms with Gasteiger partial charge in [0.25, 0.3) is 0 Å². The fraction of sp³-hybridized carbons (Fsp3) is 1.00. The Balaban J connectivity index is 3.28. The van der Waals surface area contributed by atoms with Crippen molar-refractivity contribution in [3.05, 3.63) is 0 Å². The van der Waals surface area contributed by atoms with Crippen molar-refractivity contribution in [2.45, 2.75) is 65.2 Å². The third-order valence-corrected chi connectivity index (χ3v) is 3.46. The molecule has 0 aromatic carbocycles. The molecule has 0 aliphatic heterocycles. The van der Waals surface area contributed by atoms with Gasteiger partial charge in [0.1, 0.15) is 0 Å². The summed E-state index contributed by atoms with van der Waals surface area (Å²) in [6, 6.07) is 0. The Labute approximate surface area is 109 Å². The van der Waals surface area contributed by atoms with Crippen molar-refractivity contribution in [1.82, 2.24) is 5.32 Å². The Kier molecular flexibility index (Phi) is 13.9. The molecule has 0 bridgehead atoms. The zero-order valence-corrected chi connectivity index (χ0v) is 12.3. The average Bonchev–Trinajstić information content (AvgIpc) is 2.36. The smallest absolute Gasteiger partial charge is 0.0587 e. The minimum absolute atomic E-state index is 0.827. The van der Waals surface area contributed by atoms with E-state index in [2.05, 4.69) is 19.2 Å². The molecule has 0 aliphatic rings. The molecule has 0 aliphatic carbocycles. The first-order chi connectivity index (χ1) is 8.35. The molecule has 1 atom stereocenters. The van der Waals surface area contributed by atoms with Gasteiger partial charge in [0.2, 0.25) is 0 Å². The minimum Gasteiger partial charge on any atom is -0.383 e. The summed E-state index contributed by atoms with van der Waals surface area (Å²) in [6.45, 7) is 7.56. The summed E-state index contributed by atoms with van der Waals surface area (Å²) in [5, 5.41) is 3.47. The third-order valence-electron chi connectivity index (χ3n) is 3.46. The van der Waals surface area contributed by atoms with Gasteiger partial charge >= 0.3 is 0 Å². The fourth-order valence-electron chi connectivity index (χ4n) is 2.14. The van der Waals surface area contributed by atoms with Gasteiger partial charge in [-0.2, -0.15) is 0 Å². The van der Waals surface area contributed by atoms with Crippen LogP contribution >= 0.6 is 0 Å². The predicted molar refractivity (Wildman–Crippen MR) is 76.5 cm³/mol. The van der Waals surface area contributed by atoms with Crippen LogP contribution in [0, 0.1) is 5.92 Å². The number of hydrogen-bond donors (Lipinski definition) is 1. The van der Waals surface area contributed by atoms with Gasteiger partial charge in [-0.3, -0.25) is 0 Å². The van der Waals surface area contributed by atoms with E-state index in [9.17, 15) is 0 Å². The van der Waals surface area contributed by atoms with E-state index in [0.717, 1.165) is 25.6 Å². The van der Waals surface area contributed by atoms with E-state index < -0.39 is 0 Å². The van der Waals surface area contributed by atoms with Crippen LogP contribution in [0.1, 0.15) is 65.2 Å². The lowest BCUT2D eigenvalue weighted by Crippen LogP contribution is -2.25. The second-order valence-corrected chi connectivity index (χ2v) is 5.03. The average molecular weight is 243 g/mol. The maximum absolute atomic E-state index is 5.03. The van der Waals surface area contributed by atoms with Crippen LogP contribution in [-0.2, 0) is 4.74 Å². The number of rotatable bonds is 13. The van der Waals surface area contributed by atoms with Gasteiger partial charge in [-0.25, -0.2) is 0 Å². The summed E-state index contributed by atoms with van der Waals surface area (Å²) in [7, 11) is 1.76. The Bertz CT molecular complexity index is 139. The molecule has 0 radical (unpaired) electrons. The summed E-state index contributed by atoms with van der Waals surface area (Å²) in [4.78, 5) is 0. The van der Waals surface area contributed by atoms with Crippen molar-refractivity contribution in [2.75, 3.05) is 26.8 Å². The zero-order valence-electron chi connectivity index (χ0n) is 12.3. The van der Waals surface area contributed by atoms with Gasteiger partial charge in [0.05, 0.1) is 6.61 Å². The predicted octanol–water partition coefficient (Wildman–Crippen LogP) is 4.00. The van der Waals surface area contributed by atoms with Gasteiger partial charge in [-0.05, 0) is 18.9 Å². The molecule has 0 amide bonds. The van der Waals surface area contributed by atoms with E-state index >= 15 is 0 Å². The highest BCUT2D eigenvalue weighted by Gasteiger charge is 2.05. The Morgan fingerprint density at radius 3 is 2.35 bits per heavy atom.